The summed E-state index contributed by atoms with van der Waals surface area (Å²) in [6.45, 7) is 0. The molecule has 0 aliphatic carbocycles. The van der Waals surface area contributed by atoms with E-state index < -0.39 is 17.6 Å². The van der Waals surface area contributed by atoms with Gasteiger partial charge in [0.1, 0.15) is 5.69 Å². The predicted molar refractivity (Wildman–Crippen MR) is 103 cm³/mol. The maximum atomic E-state index is 13.0. The lowest BCUT2D eigenvalue weighted by Crippen LogP contribution is -2.15. The molecule has 4 rings (SSSR count). The van der Waals surface area contributed by atoms with E-state index in [9.17, 15) is 18.0 Å². The monoisotopic (exact) mass is 429 g/mol. The summed E-state index contributed by atoms with van der Waals surface area (Å²) in [6.07, 6.45) is -1.62. The number of H-pyrrole nitrogens is 1. The van der Waals surface area contributed by atoms with Crippen LogP contribution in [-0.4, -0.2) is 43.0 Å². The number of rotatable bonds is 5. The summed E-state index contributed by atoms with van der Waals surface area (Å²) in [4.78, 5) is 20.9. The smallest absolute Gasteiger partial charge is 0.416 e. The Morgan fingerprint density at radius 3 is 2.74 bits per heavy atom. The van der Waals surface area contributed by atoms with Crippen molar-refractivity contribution in [3.63, 3.8) is 0 Å². The van der Waals surface area contributed by atoms with Crippen LogP contribution in [0.25, 0.3) is 17.2 Å². The summed E-state index contributed by atoms with van der Waals surface area (Å²) in [5, 5.41) is 13.1. The molecule has 31 heavy (non-hydrogen) atoms. The van der Waals surface area contributed by atoms with E-state index in [2.05, 4.69) is 30.6 Å². The van der Waals surface area contributed by atoms with Gasteiger partial charge in [-0.25, -0.2) is 4.68 Å². The number of nitrogens with one attached hydrogen (secondary N) is 2. The topological polar surface area (TPSA) is 111 Å². The average Bonchev–Trinajstić information content (AvgIpc) is 3.41. The molecule has 0 aliphatic rings. The van der Waals surface area contributed by atoms with Crippen molar-refractivity contribution in [3.8, 4) is 23.0 Å². The lowest BCUT2D eigenvalue weighted by Gasteiger charge is -2.08. The standard InChI is InChI=1S/C19H14F3N7O2/c1-31-14-10-29(12-6-4-5-11(9-12)19(20,21)22)28-15(14)17(30)25-18-24-16(26-27-18)13-7-2-3-8-23-13/h2-10H,1H3,(H2,24,25,26,27,30). The van der Waals surface area contributed by atoms with Crippen LogP contribution in [0.15, 0.2) is 54.9 Å². The first-order chi connectivity index (χ1) is 14.8. The SMILES string of the molecule is COc1cn(-c2cccc(C(F)(F)F)c2)nc1C(=O)Nc1n[nH]c(-c2ccccn2)n1. The molecular formula is C19H14F3N7O2. The van der Waals surface area contributed by atoms with Crippen LogP contribution in [-0.2, 0) is 6.18 Å². The fraction of sp³-hybridized carbons (Fsp3) is 0.105. The van der Waals surface area contributed by atoms with Crippen LogP contribution in [0.3, 0.4) is 0 Å². The Morgan fingerprint density at radius 1 is 1.19 bits per heavy atom. The molecule has 9 nitrogen and oxygen atoms in total. The van der Waals surface area contributed by atoms with Crippen molar-refractivity contribution in [2.45, 2.75) is 6.18 Å². The fourth-order valence-electron chi connectivity index (χ4n) is 2.72. The van der Waals surface area contributed by atoms with Gasteiger partial charge in [-0.15, -0.1) is 5.10 Å². The van der Waals surface area contributed by atoms with Crippen LogP contribution in [0.1, 0.15) is 16.1 Å². The lowest BCUT2D eigenvalue weighted by atomic mass is 10.2. The number of alkyl halides is 3. The summed E-state index contributed by atoms with van der Waals surface area (Å²) in [5.74, 6) is -0.316. The summed E-state index contributed by atoms with van der Waals surface area (Å²) in [7, 11) is 1.32. The van der Waals surface area contributed by atoms with Gasteiger partial charge in [-0.05, 0) is 30.3 Å². The third-order valence-electron chi connectivity index (χ3n) is 4.17. The zero-order valence-electron chi connectivity index (χ0n) is 15.9. The molecule has 0 aliphatic heterocycles. The Kier molecular flexibility index (Phi) is 5.11. The first kappa shape index (κ1) is 20.1. The molecule has 0 atom stereocenters. The quantitative estimate of drug-likeness (QED) is 0.504. The molecule has 12 heteroatoms. The molecule has 158 valence electrons. The van der Waals surface area contributed by atoms with Crippen LogP contribution >= 0.6 is 0 Å². The van der Waals surface area contributed by atoms with Gasteiger partial charge in [0.05, 0.1) is 24.6 Å². The van der Waals surface area contributed by atoms with E-state index in [0.717, 1.165) is 16.8 Å². The van der Waals surface area contributed by atoms with Crippen molar-refractivity contribution in [3.05, 3.63) is 66.1 Å². The number of ether oxygens (including phenoxy) is 1. The van der Waals surface area contributed by atoms with Gasteiger partial charge in [-0.3, -0.25) is 20.2 Å². The minimum Gasteiger partial charge on any atom is -0.493 e. The highest BCUT2D eigenvalue weighted by molar-refractivity contribution is 6.03. The predicted octanol–water partition coefficient (Wildman–Crippen LogP) is 3.33. The minimum absolute atomic E-state index is 0.0266. The van der Waals surface area contributed by atoms with Crippen molar-refractivity contribution in [2.75, 3.05) is 12.4 Å². The maximum Gasteiger partial charge on any atom is 0.416 e. The lowest BCUT2D eigenvalue weighted by molar-refractivity contribution is -0.137. The van der Waals surface area contributed by atoms with Crippen molar-refractivity contribution >= 4 is 11.9 Å². The van der Waals surface area contributed by atoms with Gasteiger partial charge in [0.2, 0.25) is 5.95 Å². The van der Waals surface area contributed by atoms with Crippen molar-refractivity contribution in [1.29, 1.82) is 0 Å². The van der Waals surface area contributed by atoms with Gasteiger partial charge in [-0.1, -0.05) is 12.1 Å². The molecule has 1 amide bonds. The number of hydrogen-bond acceptors (Lipinski definition) is 6. The molecule has 0 radical (unpaired) electrons. The summed E-state index contributed by atoms with van der Waals surface area (Å²) >= 11 is 0. The molecule has 0 saturated heterocycles. The molecule has 1 aromatic carbocycles. The Morgan fingerprint density at radius 2 is 2.03 bits per heavy atom. The molecule has 3 aromatic heterocycles. The maximum absolute atomic E-state index is 13.0. The Hall–Kier alpha value is -4.22. The molecule has 3 heterocycles. The molecule has 2 N–H and O–H groups in total. The van der Waals surface area contributed by atoms with Crippen LogP contribution in [0.2, 0.25) is 0 Å². The first-order valence-electron chi connectivity index (χ1n) is 8.81. The average molecular weight is 429 g/mol. The second-order valence-electron chi connectivity index (χ2n) is 6.22. The number of amides is 1. The van der Waals surface area contributed by atoms with Gasteiger partial charge < -0.3 is 4.74 Å². The first-order valence-corrected chi connectivity index (χ1v) is 8.81. The highest BCUT2D eigenvalue weighted by atomic mass is 19.4. The number of carbonyl (C=O) groups excluding carboxylic acids is 1. The van der Waals surface area contributed by atoms with E-state index in [4.69, 9.17) is 4.74 Å². The largest absolute Gasteiger partial charge is 0.493 e. The second-order valence-corrected chi connectivity index (χ2v) is 6.22. The minimum atomic E-state index is -4.51. The van der Waals surface area contributed by atoms with Gasteiger partial charge in [0, 0.05) is 6.20 Å². The highest BCUT2D eigenvalue weighted by Crippen LogP contribution is 2.31. The highest BCUT2D eigenvalue weighted by Gasteiger charge is 2.31. The number of hydrogen-bond donors (Lipinski definition) is 2. The Bertz CT molecular complexity index is 1220. The zero-order valence-corrected chi connectivity index (χ0v) is 15.9. The van der Waals surface area contributed by atoms with Gasteiger partial charge >= 0.3 is 6.18 Å². The number of benzene rings is 1. The van der Waals surface area contributed by atoms with E-state index in [-0.39, 0.29) is 23.1 Å². The third-order valence-corrected chi connectivity index (χ3v) is 4.17. The van der Waals surface area contributed by atoms with Gasteiger partial charge in [0.25, 0.3) is 5.91 Å². The molecule has 4 aromatic rings. The van der Waals surface area contributed by atoms with E-state index in [1.807, 2.05) is 0 Å². The second kappa shape index (κ2) is 7.89. The number of pyridine rings is 1. The third kappa shape index (κ3) is 4.22. The molecular weight excluding hydrogens is 415 g/mol. The normalized spacial score (nSPS) is 11.4. The number of carbonyl (C=O) groups is 1. The molecule has 0 bridgehead atoms. The zero-order chi connectivity index (χ0) is 22.0. The van der Waals surface area contributed by atoms with Gasteiger partial charge in [-0.2, -0.15) is 23.3 Å². The molecule has 0 saturated carbocycles. The van der Waals surface area contributed by atoms with Crippen LogP contribution in [0.5, 0.6) is 5.75 Å². The fourth-order valence-corrected chi connectivity index (χ4v) is 2.72. The van der Waals surface area contributed by atoms with E-state index in [0.29, 0.717) is 11.5 Å². The van der Waals surface area contributed by atoms with E-state index in [1.54, 1.807) is 24.4 Å². The summed E-state index contributed by atoms with van der Waals surface area (Å²) in [6, 6.07) is 9.77. The number of aromatic nitrogens is 6. The van der Waals surface area contributed by atoms with E-state index in [1.165, 1.54) is 25.4 Å². The van der Waals surface area contributed by atoms with Crippen molar-refractivity contribution in [1.82, 2.24) is 29.9 Å². The van der Waals surface area contributed by atoms with E-state index >= 15 is 0 Å². The molecule has 0 spiro atoms. The summed E-state index contributed by atoms with van der Waals surface area (Å²) < 4.78 is 45.2. The number of aromatic amines is 1. The Balaban J connectivity index is 1.58. The van der Waals surface area contributed by atoms with Gasteiger partial charge in [0.15, 0.2) is 17.3 Å². The number of anilines is 1. The van der Waals surface area contributed by atoms with Crippen LogP contribution in [0, 0.1) is 0 Å². The van der Waals surface area contributed by atoms with Crippen molar-refractivity contribution < 1.29 is 22.7 Å². The number of methoxy groups -OCH3 is 1. The molecule has 0 unspecified atom stereocenters. The Labute approximate surface area is 172 Å². The number of nitrogens with zero attached hydrogens (tertiary/aromatic N) is 5. The van der Waals surface area contributed by atoms with Crippen LogP contribution in [0.4, 0.5) is 19.1 Å². The van der Waals surface area contributed by atoms with Crippen molar-refractivity contribution in [2.24, 2.45) is 0 Å². The summed E-state index contributed by atoms with van der Waals surface area (Å²) in [5.41, 5.74) is -0.346. The van der Waals surface area contributed by atoms with Crippen LogP contribution < -0.4 is 10.1 Å². The number of halogens is 3. The molecule has 0 fully saturated rings.